The van der Waals surface area contributed by atoms with E-state index in [2.05, 4.69) is 22.9 Å². The Bertz CT molecular complexity index is 225. The van der Waals surface area contributed by atoms with E-state index in [-0.39, 0.29) is 5.82 Å². The summed E-state index contributed by atoms with van der Waals surface area (Å²) in [7, 11) is 1.87. The molecule has 0 radical (unpaired) electrons. The molecule has 1 rings (SSSR count). The van der Waals surface area contributed by atoms with Crippen LogP contribution < -0.4 is 3.11 Å². The Labute approximate surface area is 73.3 Å². The van der Waals surface area contributed by atoms with Gasteiger partial charge in [-0.3, -0.25) is 0 Å². The fourth-order valence-electron chi connectivity index (χ4n) is 0.668. The highest BCUT2D eigenvalue weighted by Gasteiger charge is 1.95. The summed E-state index contributed by atoms with van der Waals surface area (Å²) in [6.07, 6.45) is 0. The van der Waals surface area contributed by atoms with Gasteiger partial charge in [0.05, 0.1) is 22.9 Å². The first-order chi connectivity index (χ1) is 4.70. The van der Waals surface area contributed by atoms with E-state index in [0.717, 1.165) is 5.69 Å². The third-order valence-electron chi connectivity index (χ3n) is 1.16. The first-order valence-electron chi connectivity index (χ1n) is 2.85. The maximum atomic E-state index is 12.5. The first-order valence-corrected chi connectivity index (χ1v) is 3.82. The number of benzene rings is 1. The van der Waals surface area contributed by atoms with E-state index >= 15 is 0 Å². The highest BCUT2D eigenvalue weighted by atomic mass is 127. The van der Waals surface area contributed by atoms with Crippen molar-refractivity contribution in [2.45, 2.75) is 0 Å². The molecule has 0 aliphatic carbocycles. The summed E-state index contributed by atoms with van der Waals surface area (Å²) >= 11 is 2.09. The molecule has 0 heterocycles. The lowest BCUT2D eigenvalue weighted by molar-refractivity contribution is 0.628. The van der Waals surface area contributed by atoms with Crippen molar-refractivity contribution in [3.05, 3.63) is 30.1 Å². The molecule has 0 unspecified atom stereocenters. The maximum absolute atomic E-state index is 12.5. The standard InChI is InChI=1S/C7H7FIN/c1-10(9)7-4-2-3-6(8)5-7/h2-5H,1H3. The highest BCUT2D eigenvalue weighted by Crippen LogP contribution is 2.16. The topological polar surface area (TPSA) is 3.24 Å². The number of halogens is 2. The summed E-state index contributed by atoms with van der Waals surface area (Å²) in [5, 5.41) is 0. The van der Waals surface area contributed by atoms with Crippen LogP contribution in [0.3, 0.4) is 0 Å². The maximum Gasteiger partial charge on any atom is 0.125 e. The predicted octanol–water partition coefficient (Wildman–Crippen LogP) is 2.61. The summed E-state index contributed by atoms with van der Waals surface area (Å²) in [5.74, 6) is -0.194. The van der Waals surface area contributed by atoms with E-state index in [1.807, 2.05) is 16.2 Å². The Balaban J connectivity index is 2.96. The van der Waals surface area contributed by atoms with Crippen LogP contribution in [0.4, 0.5) is 10.1 Å². The predicted molar refractivity (Wildman–Crippen MR) is 48.8 cm³/mol. The molecule has 0 N–H and O–H groups in total. The average Bonchev–Trinajstić information content (AvgIpc) is 1.88. The van der Waals surface area contributed by atoms with Gasteiger partial charge in [-0.1, -0.05) is 6.07 Å². The van der Waals surface area contributed by atoms with Crippen LogP contribution in [0.2, 0.25) is 0 Å². The van der Waals surface area contributed by atoms with Crippen molar-refractivity contribution in [3.63, 3.8) is 0 Å². The molecular formula is C7H7FIN. The van der Waals surface area contributed by atoms with Crippen LogP contribution in [0.25, 0.3) is 0 Å². The second kappa shape index (κ2) is 3.18. The molecule has 0 aliphatic rings. The second-order valence-corrected chi connectivity index (χ2v) is 3.40. The van der Waals surface area contributed by atoms with Gasteiger partial charge in [-0.15, -0.1) is 0 Å². The summed E-state index contributed by atoms with van der Waals surface area (Å²) in [6.45, 7) is 0. The molecule has 0 bridgehead atoms. The van der Waals surface area contributed by atoms with Crippen LogP contribution in [0.5, 0.6) is 0 Å². The highest BCUT2D eigenvalue weighted by molar-refractivity contribution is 14.1. The number of anilines is 1. The smallest absolute Gasteiger partial charge is 0.125 e. The molecule has 0 atom stereocenters. The van der Waals surface area contributed by atoms with Gasteiger partial charge in [0.15, 0.2) is 0 Å². The van der Waals surface area contributed by atoms with Gasteiger partial charge in [0, 0.05) is 12.7 Å². The molecule has 0 fully saturated rings. The van der Waals surface area contributed by atoms with E-state index < -0.39 is 0 Å². The van der Waals surface area contributed by atoms with Gasteiger partial charge >= 0.3 is 0 Å². The van der Waals surface area contributed by atoms with E-state index in [9.17, 15) is 4.39 Å². The molecule has 0 saturated heterocycles. The van der Waals surface area contributed by atoms with E-state index in [0.29, 0.717) is 0 Å². The third-order valence-corrected chi connectivity index (χ3v) is 1.72. The van der Waals surface area contributed by atoms with Gasteiger partial charge in [0.1, 0.15) is 5.82 Å². The molecule has 1 aromatic carbocycles. The van der Waals surface area contributed by atoms with Crippen LogP contribution in [-0.2, 0) is 0 Å². The number of nitrogens with zero attached hydrogens (tertiary/aromatic N) is 1. The lowest BCUT2D eigenvalue weighted by Gasteiger charge is -2.08. The van der Waals surface area contributed by atoms with Crippen molar-refractivity contribution in [2.24, 2.45) is 0 Å². The fourth-order valence-corrected chi connectivity index (χ4v) is 0.968. The van der Waals surface area contributed by atoms with E-state index in [1.54, 1.807) is 6.07 Å². The molecule has 0 spiro atoms. The SMILES string of the molecule is CN(I)c1cccc(F)c1. The van der Waals surface area contributed by atoms with Crippen molar-refractivity contribution >= 4 is 28.6 Å². The molecule has 0 aliphatic heterocycles. The second-order valence-electron chi connectivity index (χ2n) is 1.96. The minimum Gasteiger partial charge on any atom is -0.318 e. The molecule has 0 aromatic heterocycles. The Hall–Kier alpha value is -0.320. The normalized spacial score (nSPS) is 9.50. The van der Waals surface area contributed by atoms with Crippen molar-refractivity contribution in [1.82, 2.24) is 0 Å². The van der Waals surface area contributed by atoms with Crippen LogP contribution >= 0.6 is 22.9 Å². The molecular weight excluding hydrogens is 244 g/mol. The zero-order valence-corrected chi connectivity index (χ0v) is 7.67. The van der Waals surface area contributed by atoms with Crippen LogP contribution in [-0.4, -0.2) is 7.05 Å². The molecule has 0 amide bonds. The average molecular weight is 251 g/mol. The molecule has 3 heteroatoms. The van der Waals surface area contributed by atoms with Gasteiger partial charge in [-0.05, 0) is 18.2 Å². The number of hydrogen-bond acceptors (Lipinski definition) is 1. The summed E-state index contributed by atoms with van der Waals surface area (Å²) in [5.41, 5.74) is 0.876. The third kappa shape index (κ3) is 1.83. The minimum atomic E-state index is -0.194. The Morgan fingerprint density at radius 3 is 2.60 bits per heavy atom. The fraction of sp³-hybridized carbons (Fsp3) is 0.143. The van der Waals surface area contributed by atoms with Gasteiger partial charge in [0.2, 0.25) is 0 Å². The van der Waals surface area contributed by atoms with Gasteiger partial charge < -0.3 is 3.11 Å². The molecule has 1 aromatic rings. The zero-order chi connectivity index (χ0) is 7.56. The van der Waals surface area contributed by atoms with E-state index in [4.69, 9.17) is 0 Å². The van der Waals surface area contributed by atoms with Crippen LogP contribution in [0.15, 0.2) is 24.3 Å². The molecule has 54 valence electrons. The van der Waals surface area contributed by atoms with Crippen molar-refractivity contribution in [2.75, 3.05) is 10.2 Å². The quantitative estimate of drug-likeness (QED) is 0.547. The monoisotopic (exact) mass is 251 g/mol. The lowest BCUT2D eigenvalue weighted by Crippen LogP contribution is -1.98. The Morgan fingerprint density at radius 1 is 1.50 bits per heavy atom. The van der Waals surface area contributed by atoms with Crippen molar-refractivity contribution in [1.29, 1.82) is 0 Å². The number of hydrogen-bond donors (Lipinski definition) is 0. The van der Waals surface area contributed by atoms with Crippen molar-refractivity contribution in [3.8, 4) is 0 Å². The van der Waals surface area contributed by atoms with Crippen molar-refractivity contribution < 1.29 is 4.39 Å². The Morgan fingerprint density at radius 2 is 2.20 bits per heavy atom. The largest absolute Gasteiger partial charge is 0.318 e. The molecule has 0 saturated carbocycles. The first kappa shape index (κ1) is 7.78. The Kier molecular flexibility index (Phi) is 2.48. The summed E-state index contributed by atoms with van der Waals surface area (Å²) in [6, 6.07) is 6.48. The lowest BCUT2D eigenvalue weighted by atomic mass is 10.3. The van der Waals surface area contributed by atoms with E-state index in [1.165, 1.54) is 12.1 Å². The summed E-state index contributed by atoms with van der Waals surface area (Å²) in [4.78, 5) is 0. The molecule has 10 heavy (non-hydrogen) atoms. The van der Waals surface area contributed by atoms with Gasteiger partial charge in [-0.2, -0.15) is 0 Å². The van der Waals surface area contributed by atoms with Crippen LogP contribution in [0, 0.1) is 5.82 Å². The van der Waals surface area contributed by atoms with Crippen LogP contribution in [0.1, 0.15) is 0 Å². The number of rotatable bonds is 1. The minimum absolute atomic E-state index is 0.194. The summed E-state index contributed by atoms with van der Waals surface area (Å²) < 4.78 is 14.3. The van der Waals surface area contributed by atoms with Gasteiger partial charge in [0.25, 0.3) is 0 Å². The molecule has 1 nitrogen and oxygen atoms in total. The zero-order valence-electron chi connectivity index (χ0n) is 5.51. The van der Waals surface area contributed by atoms with Gasteiger partial charge in [-0.25, -0.2) is 4.39 Å².